The van der Waals surface area contributed by atoms with E-state index in [1.807, 2.05) is 12.1 Å². The molecule has 1 aliphatic heterocycles. The molecule has 108 valence electrons. The fourth-order valence-electron chi connectivity index (χ4n) is 2.37. The Kier molecular flexibility index (Phi) is 3.60. The number of aryl methyl sites for hydroxylation is 1. The molecule has 1 nitrogen and oxygen atoms in total. The van der Waals surface area contributed by atoms with Crippen LogP contribution in [0, 0.1) is 6.92 Å². The molecule has 1 heterocycles. The molecule has 0 spiro atoms. The van der Waals surface area contributed by atoms with Crippen molar-refractivity contribution in [1.82, 2.24) is 0 Å². The quantitative estimate of drug-likeness (QED) is 0.370. The molecule has 3 heteroatoms. The minimum atomic E-state index is 0.912. The molecule has 1 aliphatic rings. The Morgan fingerprint density at radius 3 is 2.00 bits per heavy atom. The molecular formula is C19H14OS2. The normalized spacial score (nSPS) is 12.8. The molecule has 0 aromatic heterocycles. The Morgan fingerprint density at radius 2 is 1.23 bits per heavy atom. The maximum atomic E-state index is 6.21. The van der Waals surface area contributed by atoms with Gasteiger partial charge in [0.15, 0.2) is 0 Å². The van der Waals surface area contributed by atoms with Gasteiger partial charge < -0.3 is 4.74 Å². The lowest BCUT2D eigenvalue weighted by atomic mass is 10.2. The zero-order valence-electron chi connectivity index (χ0n) is 12.1. The van der Waals surface area contributed by atoms with E-state index in [4.69, 9.17) is 4.74 Å². The Hall–Kier alpha value is -1.84. The van der Waals surface area contributed by atoms with Crippen molar-refractivity contribution >= 4 is 23.5 Å². The molecule has 0 radical (unpaired) electrons. The monoisotopic (exact) mass is 322 g/mol. The fraction of sp³-hybridized carbons (Fsp3) is 0.0526. The van der Waals surface area contributed by atoms with E-state index in [9.17, 15) is 0 Å². The van der Waals surface area contributed by atoms with Crippen molar-refractivity contribution < 1.29 is 4.74 Å². The van der Waals surface area contributed by atoms with Crippen LogP contribution in [-0.4, -0.2) is 0 Å². The van der Waals surface area contributed by atoms with Crippen LogP contribution >= 0.6 is 23.5 Å². The van der Waals surface area contributed by atoms with Gasteiger partial charge in [-0.2, -0.15) is 0 Å². The van der Waals surface area contributed by atoms with Crippen LogP contribution in [0.4, 0.5) is 0 Å². The number of ether oxygens (including phenoxy) is 1. The first-order valence-corrected chi connectivity index (χ1v) is 8.75. The lowest BCUT2D eigenvalue weighted by Crippen LogP contribution is -1.88. The summed E-state index contributed by atoms with van der Waals surface area (Å²) < 4.78 is 6.21. The van der Waals surface area contributed by atoms with Gasteiger partial charge in [-0.15, -0.1) is 0 Å². The van der Waals surface area contributed by atoms with E-state index in [2.05, 4.69) is 61.5 Å². The van der Waals surface area contributed by atoms with Gasteiger partial charge in [-0.25, -0.2) is 0 Å². The SMILES string of the molecule is Cc1ccc2c(c1)Sc1ccccc1Sc1ccccc1O2. The van der Waals surface area contributed by atoms with E-state index < -0.39 is 0 Å². The van der Waals surface area contributed by atoms with Crippen molar-refractivity contribution in [1.29, 1.82) is 0 Å². The zero-order valence-corrected chi connectivity index (χ0v) is 13.7. The highest BCUT2D eigenvalue weighted by molar-refractivity contribution is 8.02. The molecular weight excluding hydrogens is 308 g/mol. The van der Waals surface area contributed by atoms with Gasteiger partial charge in [0.05, 0.1) is 9.79 Å². The Morgan fingerprint density at radius 1 is 0.636 bits per heavy atom. The molecule has 0 atom stereocenters. The van der Waals surface area contributed by atoms with E-state index in [-0.39, 0.29) is 0 Å². The van der Waals surface area contributed by atoms with Crippen molar-refractivity contribution in [3.63, 3.8) is 0 Å². The first kappa shape index (κ1) is 13.8. The molecule has 0 aliphatic carbocycles. The number of benzene rings is 3. The van der Waals surface area contributed by atoms with Gasteiger partial charge in [0.25, 0.3) is 0 Å². The van der Waals surface area contributed by atoms with Crippen molar-refractivity contribution in [3.8, 4) is 11.5 Å². The molecule has 4 rings (SSSR count). The molecule has 3 aromatic carbocycles. The summed E-state index contributed by atoms with van der Waals surface area (Å²) in [6.45, 7) is 2.11. The van der Waals surface area contributed by atoms with Crippen molar-refractivity contribution in [3.05, 3.63) is 72.3 Å². The fourth-order valence-corrected chi connectivity index (χ4v) is 4.54. The maximum absolute atomic E-state index is 6.21. The van der Waals surface area contributed by atoms with Crippen LogP contribution in [-0.2, 0) is 0 Å². The molecule has 0 fully saturated rings. The third-order valence-corrected chi connectivity index (χ3v) is 5.83. The van der Waals surface area contributed by atoms with Crippen molar-refractivity contribution in [2.24, 2.45) is 0 Å². The van der Waals surface area contributed by atoms with Crippen LogP contribution in [0.5, 0.6) is 11.5 Å². The number of para-hydroxylation sites is 1. The van der Waals surface area contributed by atoms with Crippen LogP contribution < -0.4 is 4.74 Å². The second-order valence-corrected chi connectivity index (χ2v) is 7.32. The summed E-state index contributed by atoms with van der Waals surface area (Å²) in [6.07, 6.45) is 0. The van der Waals surface area contributed by atoms with E-state index in [1.54, 1.807) is 23.5 Å². The van der Waals surface area contributed by atoms with E-state index in [0.29, 0.717) is 0 Å². The summed E-state index contributed by atoms with van der Waals surface area (Å²) in [4.78, 5) is 4.83. The first-order valence-electron chi connectivity index (χ1n) is 7.12. The third kappa shape index (κ3) is 2.62. The molecule has 0 N–H and O–H groups in total. The van der Waals surface area contributed by atoms with Gasteiger partial charge in [-0.05, 0) is 48.9 Å². The standard InChI is InChI=1S/C19H14OS2/c1-13-10-11-15-19(12-13)22-18-9-5-4-8-17(18)21-16-7-3-2-6-14(16)20-15/h2-12H,1H3. The highest BCUT2D eigenvalue weighted by Crippen LogP contribution is 2.47. The molecule has 0 bridgehead atoms. The lowest BCUT2D eigenvalue weighted by Gasteiger charge is -2.11. The Labute approximate surface area is 138 Å². The van der Waals surface area contributed by atoms with Gasteiger partial charge in [0, 0.05) is 9.79 Å². The molecule has 0 unspecified atom stereocenters. The summed E-state index contributed by atoms with van der Waals surface area (Å²) in [5, 5.41) is 0. The minimum absolute atomic E-state index is 0.912. The smallest absolute Gasteiger partial charge is 0.141 e. The van der Waals surface area contributed by atoms with Crippen LogP contribution in [0.2, 0.25) is 0 Å². The largest absolute Gasteiger partial charge is 0.455 e. The van der Waals surface area contributed by atoms with Gasteiger partial charge in [-0.3, -0.25) is 0 Å². The zero-order chi connectivity index (χ0) is 14.9. The van der Waals surface area contributed by atoms with Crippen LogP contribution in [0.25, 0.3) is 0 Å². The van der Waals surface area contributed by atoms with E-state index in [1.165, 1.54) is 15.4 Å². The van der Waals surface area contributed by atoms with Gasteiger partial charge in [0.1, 0.15) is 11.5 Å². The predicted molar refractivity (Wildman–Crippen MR) is 92.4 cm³/mol. The van der Waals surface area contributed by atoms with Crippen molar-refractivity contribution in [2.75, 3.05) is 0 Å². The second-order valence-electron chi connectivity index (χ2n) is 5.15. The predicted octanol–water partition coefficient (Wildman–Crippen LogP) is 6.40. The highest BCUT2D eigenvalue weighted by Gasteiger charge is 2.16. The van der Waals surface area contributed by atoms with Gasteiger partial charge >= 0.3 is 0 Å². The first-order chi connectivity index (χ1) is 10.8. The van der Waals surface area contributed by atoms with Gasteiger partial charge in [-0.1, -0.05) is 53.9 Å². The number of hydrogen-bond acceptors (Lipinski definition) is 3. The van der Waals surface area contributed by atoms with Gasteiger partial charge in [0.2, 0.25) is 0 Å². The minimum Gasteiger partial charge on any atom is -0.455 e. The Balaban J connectivity index is 1.94. The summed E-state index contributed by atoms with van der Waals surface area (Å²) in [5.74, 6) is 1.83. The number of rotatable bonds is 0. The molecule has 3 aromatic rings. The molecule has 0 amide bonds. The summed E-state index contributed by atoms with van der Waals surface area (Å²) in [7, 11) is 0. The third-order valence-electron chi connectivity index (χ3n) is 3.46. The number of fused-ring (bicyclic) bond motifs is 3. The average Bonchev–Trinajstić information content (AvgIpc) is 2.59. The second kappa shape index (κ2) is 5.75. The van der Waals surface area contributed by atoms with E-state index in [0.717, 1.165) is 21.3 Å². The number of hydrogen-bond donors (Lipinski definition) is 0. The van der Waals surface area contributed by atoms with Crippen molar-refractivity contribution in [2.45, 2.75) is 26.5 Å². The summed E-state index contributed by atoms with van der Waals surface area (Å²) >= 11 is 3.53. The lowest BCUT2D eigenvalue weighted by molar-refractivity contribution is 0.460. The van der Waals surface area contributed by atoms with Crippen LogP contribution in [0.3, 0.4) is 0 Å². The molecule has 0 saturated heterocycles. The van der Waals surface area contributed by atoms with Crippen LogP contribution in [0.15, 0.2) is 86.3 Å². The van der Waals surface area contributed by atoms with Crippen LogP contribution in [0.1, 0.15) is 5.56 Å². The molecule has 22 heavy (non-hydrogen) atoms. The average molecular weight is 322 g/mol. The summed E-state index contributed by atoms with van der Waals surface area (Å²) in [6, 6.07) is 23.1. The topological polar surface area (TPSA) is 9.23 Å². The maximum Gasteiger partial charge on any atom is 0.141 e. The summed E-state index contributed by atoms with van der Waals surface area (Å²) in [5.41, 5.74) is 1.24. The highest BCUT2D eigenvalue weighted by atomic mass is 32.2. The van der Waals surface area contributed by atoms with E-state index >= 15 is 0 Å². The Bertz CT molecular complexity index is 836. The molecule has 0 saturated carbocycles.